The minimum atomic E-state index is -3.56. The predicted octanol–water partition coefficient (Wildman–Crippen LogP) is 0.638. The van der Waals surface area contributed by atoms with Gasteiger partial charge in [-0.1, -0.05) is 19.0 Å². The van der Waals surface area contributed by atoms with Gasteiger partial charge < -0.3 is 9.26 Å². The fourth-order valence-electron chi connectivity index (χ4n) is 2.30. The molecule has 0 amide bonds. The van der Waals surface area contributed by atoms with Gasteiger partial charge in [0.25, 0.3) is 10.2 Å². The zero-order valence-corrected chi connectivity index (χ0v) is 13.4. The summed E-state index contributed by atoms with van der Waals surface area (Å²) in [5.41, 5.74) is 0. The lowest BCUT2D eigenvalue weighted by Gasteiger charge is -2.23. The Hall–Kier alpha value is -1.03. The van der Waals surface area contributed by atoms with Crippen LogP contribution in [-0.4, -0.2) is 49.2 Å². The maximum atomic E-state index is 12.3. The number of hydrogen-bond donors (Lipinski definition) is 1. The van der Waals surface area contributed by atoms with Gasteiger partial charge in [-0.3, -0.25) is 0 Å². The normalized spacial score (nSPS) is 20.5. The Labute approximate surface area is 125 Å². The third-order valence-corrected chi connectivity index (χ3v) is 4.99. The van der Waals surface area contributed by atoms with Crippen LogP contribution in [0.25, 0.3) is 0 Å². The molecule has 1 aliphatic heterocycles. The molecule has 1 fully saturated rings. The van der Waals surface area contributed by atoms with Crippen molar-refractivity contribution < 1.29 is 17.7 Å². The molecule has 0 bridgehead atoms. The Kier molecular flexibility index (Phi) is 5.31. The smallest absolute Gasteiger partial charge is 0.280 e. The average Bonchev–Trinajstić information content (AvgIpc) is 3.06. The molecule has 0 aliphatic carbocycles. The molecule has 1 saturated heterocycles. The summed E-state index contributed by atoms with van der Waals surface area (Å²) in [6.07, 6.45) is 1.66. The molecule has 0 saturated carbocycles. The molecule has 120 valence electrons. The maximum Gasteiger partial charge on any atom is 0.280 e. The van der Waals surface area contributed by atoms with Crippen molar-refractivity contribution in [3.63, 3.8) is 0 Å². The minimum absolute atomic E-state index is 0.0226. The van der Waals surface area contributed by atoms with Gasteiger partial charge in [0.2, 0.25) is 5.89 Å². The molecule has 0 spiro atoms. The predicted molar refractivity (Wildman–Crippen MR) is 75.8 cm³/mol. The third kappa shape index (κ3) is 4.00. The Morgan fingerprint density at radius 3 is 2.90 bits per heavy atom. The van der Waals surface area contributed by atoms with Crippen LogP contribution in [0, 0.1) is 0 Å². The lowest BCUT2D eigenvalue weighted by Crippen LogP contribution is -2.44. The number of hydrogen-bond acceptors (Lipinski definition) is 6. The third-order valence-electron chi connectivity index (χ3n) is 3.38. The molecule has 21 heavy (non-hydrogen) atoms. The van der Waals surface area contributed by atoms with Gasteiger partial charge in [-0.05, 0) is 12.8 Å². The Morgan fingerprint density at radius 2 is 2.29 bits per heavy atom. The largest absolute Gasteiger partial charge is 0.383 e. The van der Waals surface area contributed by atoms with E-state index in [4.69, 9.17) is 9.26 Å². The Bertz CT molecular complexity index is 557. The van der Waals surface area contributed by atoms with Crippen molar-refractivity contribution in [2.45, 2.75) is 45.2 Å². The maximum absolute atomic E-state index is 12.3. The van der Waals surface area contributed by atoms with E-state index in [9.17, 15) is 8.42 Å². The van der Waals surface area contributed by atoms with E-state index in [1.54, 1.807) is 7.11 Å². The number of aromatic nitrogens is 2. The van der Waals surface area contributed by atoms with Gasteiger partial charge in [-0.25, -0.2) is 0 Å². The second-order valence-corrected chi connectivity index (χ2v) is 7.10. The molecule has 1 aliphatic rings. The Morgan fingerprint density at radius 1 is 1.52 bits per heavy atom. The molecule has 1 atom stereocenters. The SMILES string of the molecule is COC[C@@H]1CCCN1S(=O)(=O)NCc1noc(C(C)C)n1. The lowest BCUT2D eigenvalue weighted by molar-refractivity contribution is 0.148. The van der Waals surface area contributed by atoms with Gasteiger partial charge in [-0.15, -0.1) is 0 Å². The standard InChI is InChI=1S/C12H22N4O4S/c1-9(2)12-14-11(15-20-12)7-13-21(17,18)16-6-4-5-10(16)8-19-3/h9-10,13H,4-8H2,1-3H3/t10-/m0/s1. The van der Waals surface area contributed by atoms with E-state index in [1.807, 2.05) is 13.8 Å². The number of methoxy groups -OCH3 is 1. The van der Waals surface area contributed by atoms with Crippen LogP contribution in [-0.2, 0) is 21.5 Å². The fourth-order valence-corrected chi connectivity index (χ4v) is 3.70. The molecule has 1 N–H and O–H groups in total. The molecule has 0 aromatic carbocycles. The summed E-state index contributed by atoms with van der Waals surface area (Å²) < 4.78 is 38.7. The zero-order valence-electron chi connectivity index (χ0n) is 12.6. The summed E-state index contributed by atoms with van der Waals surface area (Å²) in [6, 6.07) is -0.107. The van der Waals surface area contributed by atoms with Crippen LogP contribution < -0.4 is 4.72 Å². The van der Waals surface area contributed by atoms with Gasteiger partial charge >= 0.3 is 0 Å². The first-order valence-corrected chi connectivity index (χ1v) is 8.46. The molecule has 8 nitrogen and oxygen atoms in total. The van der Waals surface area contributed by atoms with E-state index in [0.29, 0.717) is 24.9 Å². The Balaban J connectivity index is 1.97. The van der Waals surface area contributed by atoms with Gasteiger partial charge in [0.1, 0.15) is 0 Å². The highest BCUT2D eigenvalue weighted by molar-refractivity contribution is 7.87. The fraction of sp³-hybridized carbons (Fsp3) is 0.833. The van der Waals surface area contributed by atoms with Gasteiger partial charge in [-0.2, -0.15) is 22.4 Å². The summed E-state index contributed by atoms with van der Waals surface area (Å²) in [5.74, 6) is 0.958. The average molecular weight is 318 g/mol. The molecule has 0 unspecified atom stereocenters. The van der Waals surface area contributed by atoms with Crippen LogP contribution in [0.1, 0.15) is 44.3 Å². The highest BCUT2D eigenvalue weighted by atomic mass is 32.2. The number of ether oxygens (including phenoxy) is 1. The van der Waals surface area contributed by atoms with E-state index in [2.05, 4.69) is 14.9 Å². The quantitative estimate of drug-likeness (QED) is 0.792. The van der Waals surface area contributed by atoms with Crippen molar-refractivity contribution in [2.75, 3.05) is 20.3 Å². The van der Waals surface area contributed by atoms with E-state index < -0.39 is 10.2 Å². The van der Waals surface area contributed by atoms with Gasteiger partial charge in [0.05, 0.1) is 13.2 Å². The first-order valence-electron chi connectivity index (χ1n) is 7.02. The molecular weight excluding hydrogens is 296 g/mol. The summed E-state index contributed by atoms with van der Waals surface area (Å²) in [7, 11) is -1.99. The van der Waals surface area contributed by atoms with Crippen LogP contribution in [0.3, 0.4) is 0 Å². The van der Waals surface area contributed by atoms with E-state index in [-0.39, 0.29) is 18.5 Å². The van der Waals surface area contributed by atoms with E-state index in [1.165, 1.54) is 4.31 Å². The molecule has 0 radical (unpaired) electrons. The van der Waals surface area contributed by atoms with Gasteiger partial charge in [0, 0.05) is 25.6 Å². The number of nitrogens with zero attached hydrogens (tertiary/aromatic N) is 3. The van der Waals surface area contributed by atoms with Crippen molar-refractivity contribution in [3.05, 3.63) is 11.7 Å². The van der Waals surface area contributed by atoms with Gasteiger partial charge in [0.15, 0.2) is 5.82 Å². The van der Waals surface area contributed by atoms with Crippen molar-refractivity contribution in [2.24, 2.45) is 0 Å². The van der Waals surface area contributed by atoms with Crippen LogP contribution in [0.4, 0.5) is 0 Å². The number of nitrogens with one attached hydrogen (secondary N) is 1. The highest BCUT2D eigenvalue weighted by Crippen LogP contribution is 2.20. The van der Waals surface area contributed by atoms with E-state index >= 15 is 0 Å². The molecule has 9 heteroatoms. The van der Waals surface area contributed by atoms with Crippen molar-refractivity contribution in [1.82, 2.24) is 19.2 Å². The van der Waals surface area contributed by atoms with Crippen molar-refractivity contribution in [1.29, 1.82) is 0 Å². The first kappa shape index (κ1) is 16.3. The summed E-state index contributed by atoms with van der Waals surface area (Å²) in [4.78, 5) is 4.15. The highest BCUT2D eigenvalue weighted by Gasteiger charge is 2.34. The lowest BCUT2D eigenvalue weighted by atomic mass is 10.2. The molecular formula is C12H22N4O4S. The van der Waals surface area contributed by atoms with Crippen molar-refractivity contribution in [3.8, 4) is 0 Å². The minimum Gasteiger partial charge on any atom is -0.383 e. The van der Waals surface area contributed by atoms with Crippen LogP contribution in [0.5, 0.6) is 0 Å². The van der Waals surface area contributed by atoms with Crippen LogP contribution in [0.15, 0.2) is 4.52 Å². The zero-order chi connectivity index (χ0) is 15.5. The second kappa shape index (κ2) is 6.82. The molecule has 2 rings (SSSR count). The summed E-state index contributed by atoms with van der Waals surface area (Å²) in [5, 5.41) is 3.77. The first-order chi connectivity index (χ1) is 9.94. The summed E-state index contributed by atoms with van der Waals surface area (Å²) in [6.45, 7) is 4.80. The number of rotatable bonds is 7. The van der Waals surface area contributed by atoms with Crippen LogP contribution in [0.2, 0.25) is 0 Å². The van der Waals surface area contributed by atoms with Crippen LogP contribution >= 0.6 is 0 Å². The molecule has 1 aromatic rings. The monoisotopic (exact) mass is 318 g/mol. The summed E-state index contributed by atoms with van der Waals surface area (Å²) >= 11 is 0. The van der Waals surface area contributed by atoms with E-state index in [0.717, 1.165) is 12.8 Å². The molecule has 1 aromatic heterocycles. The van der Waals surface area contributed by atoms with Crippen molar-refractivity contribution >= 4 is 10.2 Å². The second-order valence-electron chi connectivity index (χ2n) is 5.39. The topological polar surface area (TPSA) is 97.6 Å². The molecule has 2 heterocycles.